The third kappa shape index (κ3) is 1.49. The third-order valence-electron chi connectivity index (χ3n) is 6.65. The van der Waals surface area contributed by atoms with Crippen molar-refractivity contribution in [3.63, 3.8) is 0 Å². The minimum Gasteiger partial charge on any atom is -0.508 e. The van der Waals surface area contributed by atoms with E-state index in [1.54, 1.807) is 0 Å². The molecule has 1 heterocycles. The minimum atomic E-state index is -0.0880. The van der Waals surface area contributed by atoms with E-state index in [0.29, 0.717) is 17.6 Å². The van der Waals surface area contributed by atoms with E-state index < -0.39 is 0 Å². The van der Waals surface area contributed by atoms with Crippen LogP contribution in [0, 0.1) is 23.7 Å². The van der Waals surface area contributed by atoms with Crippen LogP contribution in [0.25, 0.3) is 0 Å². The molecule has 4 saturated carbocycles. The standard InChI is InChI=1S/C19H22N2O/c22-18-4-2-1-3-17(18)19(21-6-5-20-12-21)15-8-13-7-14(10-15)11-16(19)9-13/h1-6,12-16,22H,7-11H2. The van der Waals surface area contributed by atoms with E-state index in [-0.39, 0.29) is 5.54 Å². The Balaban J connectivity index is 1.76. The first-order valence-corrected chi connectivity index (χ1v) is 8.55. The molecule has 114 valence electrons. The normalized spacial score (nSPS) is 39.3. The molecule has 6 rings (SSSR count). The van der Waals surface area contributed by atoms with Crippen molar-refractivity contribution in [3.8, 4) is 5.75 Å². The number of nitrogens with zero attached hydrogens (tertiary/aromatic N) is 2. The molecule has 22 heavy (non-hydrogen) atoms. The van der Waals surface area contributed by atoms with Gasteiger partial charge in [-0.2, -0.15) is 0 Å². The van der Waals surface area contributed by atoms with Crippen LogP contribution in [0.2, 0.25) is 0 Å². The molecule has 0 radical (unpaired) electrons. The second-order valence-electron chi connectivity index (χ2n) is 7.62. The first-order valence-electron chi connectivity index (χ1n) is 8.55. The van der Waals surface area contributed by atoms with E-state index in [1.165, 1.54) is 32.1 Å². The Morgan fingerprint density at radius 2 is 1.68 bits per heavy atom. The Morgan fingerprint density at radius 3 is 2.27 bits per heavy atom. The molecule has 0 saturated heterocycles. The molecule has 3 nitrogen and oxygen atoms in total. The molecule has 4 aliphatic rings. The molecule has 4 bridgehead atoms. The van der Waals surface area contributed by atoms with Crippen molar-refractivity contribution >= 4 is 0 Å². The zero-order valence-electron chi connectivity index (χ0n) is 12.7. The lowest BCUT2D eigenvalue weighted by Crippen LogP contribution is -2.58. The van der Waals surface area contributed by atoms with Gasteiger partial charge < -0.3 is 9.67 Å². The van der Waals surface area contributed by atoms with E-state index >= 15 is 0 Å². The van der Waals surface area contributed by atoms with Crippen molar-refractivity contribution in [2.75, 3.05) is 0 Å². The summed E-state index contributed by atoms with van der Waals surface area (Å²) < 4.78 is 2.31. The van der Waals surface area contributed by atoms with E-state index in [2.05, 4.69) is 27.9 Å². The Hall–Kier alpha value is -1.77. The summed E-state index contributed by atoms with van der Waals surface area (Å²) in [6.07, 6.45) is 12.6. The van der Waals surface area contributed by atoms with Crippen molar-refractivity contribution in [2.24, 2.45) is 23.7 Å². The van der Waals surface area contributed by atoms with Crippen LogP contribution in [0.3, 0.4) is 0 Å². The molecule has 3 heteroatoms. The summed E-state index contributed by atoms with van der Waals surface area (Å²) in [6.45, 7) is 0. The summed E-state index contributed by atoms with van der Waals surface area (Å²) in [4.78, 5) is 4.34. The summed E-state index contributed by atoms with van der Waals surface area (Å²) in [6, 6.07) is 7.98. The SMILES string of the molecule is Oc1ccccc1C1(n2ccnc2)C2CC3CC(C2)CC1C3. The second kappa shape index (κ2) is 4.37. The summed E-state index contributed by atoms with van der Waals surface area (Å²) in [5, 5.41) is 10.6. The van der Waals surface area contributed by atoms with Gasteiger partial charge in [0.2, 0.25) is 0 Å². The summed E-state index contributed by atoms with van der Waals surface area (Å²) in [5.41, 5.74) is 1.02. The Morgan fingerprint density at radius 1 is 1.00 bits per heavy atom. The highest BCUT2D eigenvalue weighted by Gasteiger charge is 2.59. The molecule has 0 unspecified atom stereocenters. The van der Waals surface area contributed by atoms with Crippen molar-refractivity contribution in [1.82, 2.24) is 9.55 Å². The maximum absolute atomic E-state index is 10.6. The lowest BCUT2D eigenvalue weighted by molar-refractivity contribution is -0.0766. The zero-order chi connectivity index (χ0) is 14.7. The van der Waals surface area contributed by atoms with Gasteiger partial charge in [0, 0.05) is 18.0 Å². The number of benzene rings is 1. The average molecular weight is 294 g/mol. The lowest BCUT2D eigenvalue weighted by atomic mass is 9.47. The van der Waals surface area contributed by atoms with Crippen LogP contribution in [-0.4, -0.2) is 14.7 Å². The highest BCUT2D eigenvalue weighted by molar-refractivity contribution is 5.42. The fourth-order valence-electron chi connectivity index (χ4n) is 6.19. The van der Waals surface area contributed by atoms with Gasteiger partial charge in [0.05, 0.1) is 11.9 Å². The average Bonchev–Trinajstić information content (AvgIpc) is 3.03. The highest BCUT2D eigenvalue weighted by atomic mass is 16.3. The molecule has 0 aliphatic heterocycles. The molecule has 0 atom stereocenters. The number of para-hydroxylation sites is 1. The molecule has 4 fully saturated rings. The zero-order valence-corrected chi connectivity index (χ0v) is 12.7. The van der Waals surface area contributed by atoms with Gasteiger partial charge >= 0.3 is 0 Å². The Bertz CT molecular complexity index is 663. The second-order valence-corrected chi connectivity index (χ2v) is 7.62. The van der Waals surface area contributed by atoms with Crippen LogP contribution in [0.4, 0.5) is 0 Å². The quantitative estimate of drug-likeness (QED) is 0.915. The van der Waals surface area contributed by atoms with E-state index in [4.69, 9.17) is 0 Å². The molecule has 1 aromatic carbocycles. The summed E-state index contributed by atoms with van der Waals surface area (Å²) in [7, 11) is 0. The number of aromatic hydroxyl groups is 1. The van der Waals surface area contributed by atoms with Crippen LogP contribution in [0.5, 0.6) is 5.75 Å². The number of rotatable bonds is 2. The van der Waals surface area contributed by atoms with Gasteiger partial charge in [-0.1, -0.05) is 18.2 Å². The fraction of sp³-hybridized carbons (Fsp3) is 0.526. The molecule has 2 aromatic rings. The van der Waals surface area contributed by atoms with Gasteiger partial charge in [0.25, 0.3) is 0 Å². The topological polar surface area (TPSA) is 38.0 Å². The molecular weight excluding hydrogens is 272 g/mol. The van der Waals surface area contributed by atoms with Gasteiger partial charge in [-0.3, -0.25) is 0 Å². The lowest BCUT2D eigenvalue weighted by Gasteiger charge is -2.61. The van der Waals surface area contributed by atoms with E-state index in [1.807, 2.05) is 24.7 Å². The molecule has 4 aliphatic carbocycles. The van der Waals surface area contributed by atoms with Crippen LogP contribution in [0.1, 0.15) is 37.7 Å². The van der Waals surface area contributed by atoms with Crippen molar-refractivity contribution in [3.05, 3.63) is 48.5 Å². The third-order valence-corrected chi connectivity index (χ3v) is 6.65. The smallest absolute Gasteiger partial charge is 0.121 e. The molecule has 0 amide bonds. The maximum atomic E-state index is 10.6. The number of hydrogen-bond donors (Lipinski definition) is 1. The summed E-state index contributed by atoms with van der Waals surface area (Å²) in [5.74, 6) is 3.52. The van der Waals surface area contributed by atoms with Crippen LogP contribution < -0.4 is 0 Å². The van der Waals surface area contributed by atoms with Gasteiger partial charge in [-0.15, -0.1) is 0 Å². The van der Waals surface area contributed by atoms with Crippen LogP contribution in [0.15, 0.2) is 43.0 Å². The predicted molar refractivity (Wildman–Crippen MR) is 84.5 cm³/mol. The van der Waals surface area contributed by atoms with Crippen LogP contribution in [-0.2, 0) is 5.54 Å². The van der Waals surface area contributed by atoms with Gasteiger partial charge in [0.1, 0.15) is 5.75 Å². The number of phenols is 1. The minimum absolute atomic E-state index is 0.0880. The van der Waals surface area contributed by atoms with Crippen molar-refractivity contribution in [2.45, 2.75) is 37.6 Å². The van der Waals surface area contributed by atoms with Gasteiger partial charge in [0.15, 0.2) is 0 Å². The first kappa shape index (κ1) is 12.7. The van der Waals surface area contributed by atoms with E-state index in [9.17, 15) is 5.11 Å². The monoisotopic (exact) mass is 294 g/mol. The largest absolute Gasteiger partial charge is 0.508 e. The number of imidazole rings is 1. The van der Waals surface area contributed by atoms with E-state index in [0.717, 1.165) is 17.4 Å². The molecule has 1 aromatic heterocycles. The van der Waals surface area contributed by atoms with Gasteiger partial charge in [-0.05, 0) is 61.8 Å². The van der Waals surface area contributed by atoms with Crippen molar-refractivity contribution < 1.29 is 5.11 Å². The predicted octanol–water partition coefficient (Wildman–Crippen LogP) is 3.79. The van der Waals surface area contributed by atoms with Crippen molar-refractivity contribution in [1.29, 1.82) is 0 Å². The fourth-order valence-corrected chi connectivity index (χ4v) is 6.19. The number of hydrogen-bond acceptors (Lipinski definition) is 2. The summed E-state index contributed by atoms with van der Waals surface area (Å²) >= 11 is 0. The van der Waals surface area contributed by atoms with Crippen LogP contribution >= 0.6 is 0 Å². The van der Waals surface area contributed by atoms with Gasteiger partial charge in [-0.25, -0.2) is 4.98 Å². The molecular formula is C19H22N2O. The number of phenolic OH excluding ortho intramolecular Hbond substituents is 1. The first-order chi connectivity index (χ1) is 10.8. The highest BCUT2D eigenvalue weighted by Crippen LogP contribution is 2.64. The Labute approximate surface area is 131 Å². The molecule has 1 N–H and O–H groups in total. The molecule has 0 spiro atoms. The Kier molecular flexibility index (Phi) is 2.53. The number of aromatic nitrogens is 2. The maximum Gasteiger partial charge on any atom is 0.121 e.